The molecular weight excluding hydrogens is 146 g/mol. The topological polar surface area (TPSA) is 21.9 Å². The summed E-state index contributed by atoms with van der Waals surface area (Å²) in [4.78, 5) is 0. The third-order valence-corrected chi connectivity index (χ3v) is 3.78. The van der Waals surface area contributed by atoms with Crippen LogP contribution in [-0.4, -0.2) is 12.6 Å². The smallest absolute Gasteiger partial charge is 0.0221 e. The molecule has 0 aromatic carbocycles. The van der Waals surface area contributed by atoms with Crippen molar-refractivity contribution < 1.29 is 0 Å². The zero-order valence-electron chi connectivity index (χ0n) is 9.09. The van der Waals surface area contributed by atoms with Crippen LogP contribution in [0.5, 0.6) is 0 Å². The molecule has 4 unspecified atom stereocenters. The Morgan fingerprint density at radius 2 is 1.50 bits per heavy atom. The molecule has 4 atom stereocenters. The van der Waals surface area contributed by atoms with Crippen LogP contribution in [-0.2, 0) is 0 Å². The standard InChI is InChI=1S/C11H23N/c1-7(2)8(3)9(4)10(5)11-6-12-11/h7-12H,6H2,1-5H3. The van der Waals surface area contributed by atoms with Gasteiger partial charge in [0.05, 0.1) is 0 Å². The lowest BCUT2D eigenvalue weighted by molar-refractivity contribution is 0.221. The molecule has 72 valence electrons. The van der Waals surface area contributed by atoms with Gasteiger partial charge in [0.25, 0.3) is 0 Å². The molecule has 0 spiro atoms. The summed E-state index contributed by atoms with van der Waals surface area (Å²) in [6.45, 7) is 13.1. The van der Waals surface area contributed by atoms with Gasteiger partial charge in [-0.05, 0) is 23.7 Å². The maximum absolute atomic E-state index is 3.41. The Hall–Kier alpha value is -0.0400. The molecule has 0 amide bonds. The molecule has 0 radical (unpaired) electrons. The van der Waals surface area contributed by atoms with Crippen LogP contribution in [0, 0.1) is 23.7 Å². The van der Waals surface area contributed by atoms with Gasteiger partial charge in [-0.15, -0.1) is 0 Å². The fraction of sp³-hybridized carbons (Fsp3) is 1.00. The Labute approximate surface area is 76.9 Å². The Morgan fingerprint density at radius 3 is 1.83 bits per heavy atom. The molecule has 12 heavy (non-hydrogen) atoms. The van der Waals surface area contributed by atoms with Crippen LogP contribution >= 0.6 is 0 Å². The van der Waals surface area contributed by atoms with Crippen LogP contribution < -0.4 is 5.32 Å². The molecule has 1 aliphatic rings. The van der Waals surface area contributed by atoms with Gasteiger partial charge in [0.2, 0.25) is 0 Å². The van der Waals surface area contributed by atoms with Crippen molar-refractivity contribution in [3.63, 3.8) is 0 Å². The Balaban J connectivity index is 2.38. The lowest BCUT2D eigenvalue weighted by Crippen LogP contribution is -2.25. The molecule has 1 heteroatoms. The zero-order valence-corrected chi connectivity index (χ0v) is 9.09. The van der Waals surface area contributed by atoms with Crippen molar-refractivity contribution in [1.82, 2.24) is 5.32 Å². The SMILES string of the molecule is CC(C)C(C)C(C)C(C)C1CN1. The highest BCUT2D eigenvalue weighted by molar-refractivity contribution is 4.91. The molecular formula is C11H23N. The third-order valence-electron chi connectivity index (χ3n) is 3.78. The van der Waals surface area contributed by atoms with E-state index in [9.17, 15) is 0 Å². The predicted molar refractivity (Wildman–Crippen MR) is 54.1 cm³/mol. The van der Waals surface area contributed by atoms with E-state index in [1.807, 2.05) is 0 Å². The van der Waals surface area contributed by atoms with Crippen molar-refractivity contribution in [3.05, 3.63) is 0 Å². The average Bonchev–Trinajstić information content (AvgIpc) is 2.82. The Morgan fingerprint density at radius 1 is 1.00 bits per heavy atom. The van der Waals surface area contributed by atoms with Crippen molar-refractivity contribution in [2.24, 2.45) is 23.7 Å². The van der Waals surface area contributed by atoms with Gasteiger partial charge in [-0.2, -0.15) is 0 Å². The van der Waals surface area contributed by atoms with E-state index in [0.717, 1.165) is 29.7 Å². The van der Waals surface area contributed by atoms with Gasteiger partial charge in [-0.1, -0.05) is 34.6 Å². The van der Waals surface area contributed by atoms with Gasteiger partial charge < -0.3 is 5.32 Å². The van der Waals surface area contributed by atoms with Gasteiger partial charge in [-0.25, -0.2) is 0 Å². The minimum Gasteiger partial charge on any atom is -0.311 e. The van der Waals surface area contributed by atoms with Crippen molar-refractivity contribution in [2.75, 3.05) is 6.54 Å². The second-order valence-corrected chi connectivity index (χ2v) is 4.84. The van der Waals surface area contributed by atoms with Crippen LogP contribution in [0.15, 0.2) is 0 Å². The summed E-state index contributed by atoms with van der Waals surface area (Å²) < 4.78 is 0. The van der Waals surface area contributed by atoms with E-state index >= 15 is 0 Å². The molecule has 1 heterocycles. The fourth-order valence-corrected chi connectivity index (χ4v) is 1.89. The molecule has 0 saturated carbocycles. The molecule has 1 saturated heterocycles. The maximum Gasteiger partial charge on any atom is 0.0221 e. The third kappa shape index (κ3) is 2.22. The molecule has 1 fully saturated rings. The van der Waals surface area contributed by atoms with Crippen LogP contribution in [0.3, 0.4) is 0 Å². The van der Waals surface area contributed by atoms with E-state index in [4.69, 9.17) is 0 Å². The number of nitrogens with one attached hydrogen (secondary N) is 1. The monoisotopic (exact) mass is 169 g/mol. The highest BCUT2D eigenvalue weighted by atomic mass is 15.1. The molecule has 1 aliphatic heterocycles. The number of hydrogen-bond acceptors (Lipinski definition) is 1. The first-order chi connectivity index (χ1) is 5.54. The summed E-state index contributed by atoms with van der Waals surface area (Å²) in [5.74, 6) is 3.37. The summed E-state index contributed by atoms with van der Waals surface area (Å²) >= 11 is 0. The summed E-state index contributed by atoms with van der Waals surface area (Å²) in [6.07, 6.45) is 0. The fourth-order valence-electron chi connectivity index (χ4n) is 1.89. The van der Waals surface area contributed by atoms with E-state index in [0.29, 0.717) is 0 Å². The first-order valence-corrected chi connectivity index (χ1v) is 5.27. The lowest BCUT2D eigenvalue weighted by atomic mass is 9.78. The summed E-state index contributed by atoms with van der Waals surface area (Å²) in [5.41, 5.74) is 0. The van der Waals surface area contributed by atoms with Crippen LogP contribution in [0.1, 0.15) is 34.6 Å². The van der Waals surface area contributed by atoms with Crippen LogP contribution in [0.2, 0.25) is 0 Å². The van der Waals surface area contributed by atoms with Crippen LogP contribution in [0.4, 0.5) is 0 Å². The van der Waals surface area contributed by atoms with E-state index < -0.39 is 0 Å². The van der Waals surface area contributed by atoms with E-state index in [2.05, 4.69) is 39.9 Å². The number of hydrogen-bond donors (Lipinski definition) is 1. The largest absolute Gasteiger partial charge is 0.311 e. The molecule has 0 bridgehead atoms. The minimum absolute atomic E-state index is 0.821. The van der Waals surface area contributed by atoms with Crippen LogP contribution in [0.25, 0.3) is 0 Å². The van der Waals surface area contributed by atoms with Gasteiger partial charge in [0.15, 0.2) is 0 Å². The highest BCUT2D eigenvalue weighted by Crippen LogP contribution is 2.30. The first-order valence-electron chi connectivity index (χ1n) is 5.27. The second-order valence-electron chi connectivity index (χ2n) is 4.84. The van der Waals surface area contributed by atoms with Gasteiger partial charge >= 0.3 is 0 Å². The van der Waals surface area contributed by atoms with E-state index in [-0.39, 0.29) is 0 Å². The minimum atomic E-state index is 0.821. The van der Waals surface area contributed by atoms with Crippen molar-refractivity contribution in [1.29, 1.82) is 0 Å². The Kier molecular flexibility index (Phi) is 3.16. The van der Waals surface area contributed by atoms with Crippen molar-refractivity contribution >= 4 is 0 Å². The molecule has 1 nitrogen and oxygen atoms in total. The molecule has 0 aliphatic carbocycles. The second kappa shape index (κ2) is 3.78. The summed E-state index contributed by atoms with van der Waals surface area (Å²) in [7, 11) is 0. The first kappa shape index (κ1) is 10.0. The molecule has 0 aromatic rings. The van der Waals surface area contributed by atoms with Crippen molar-refractivity contribution in [2.45, 2.75) is 40.7 Å². The van der Waals surface area contributed by atoms with Crippen molar-refractivity contribution in [3.8, 4) is 0 Å². The maximum atomic E-state index is 3.41. The summed E-state index contributed by atoms with van der Waals surface area (Å²) in [6, 6.07) is 0.821. The highest BCUT2D eigenvalue weighted by Gasteiger charge is 2.33. The average molecular weight is 169 g/mol. The molecule has 1 N–H and O–H groups in total. The van der Waals surface area contributed by atoms with E-state index in [1.165, 1.54) is 6.54 Å². The normalized spacial score (nSPS) is 30.0. The zero-order chi connectivity index (χ0) is 9.30. The quantitative estimate of drug-likeness (QED) is 0.642. The van der Waals surface area contributed by atoms with Gasteiger partial charge in [-0.3, -0.25) is 0 Å². The summed E-state index contributed by atoms with van der Waals surface area (Å²) in [5, 5.41) is 3.41. The lowest BCUT2D eigenvalue weighted by Gasteiger charge is -2.28. The molecule has 1 rings (SSSR count). The molecule has 0 aromatic heterocycles. The number of rotatable bonds is 4. The van der Waals surface area contributed by atoms with E-state index in [1.54, 1.807) is 0 Å². The Bertz CT molecular complexity index is 130. The van der Waals surface area contributed by atoms with Gasteiger partial charge in [0, 0.05) is 12.6 Å². The van der Waals surface area contributed by atoms with Gasteiger partial charge in [0.1, 0.15) is 0 Å². The predicted octanol–water partition coefficient (Wildman–Crippen LogP) is 2.52.